The number of carbonyl (C=O) groups excluding carboxylic acids is 1. The first-order valence-electron chi connectivity index (χ1n) is 10.3. The lowest BCUT2D eigenvalue weighted by molar-refractivity contribution is 0.0609. The average molecular weight is 447 g/mol. The molecule has 3 aromatic rings. The minimum Gasteiger partial charge on any atom is -0.354 e. The van der Waals surface area contributed by atoms with Gasteiger partial charge in [0.1, 0.15) is 0 Å². The SMILES string of the molecule is CCC1CCCCN1C(=O)c1cnc2nc(C)ccc2c1Nc1ccc(F)c(F)c1.Cl. The second-order valence-corrected chi connectivity index (χ2v) is 7.68. The molecule has 0 radical (unpaired) electrons. The Balaban J connectivity index is 0.00000272. The Bertz CT molecular complexity index is 1110. The summed E-state index contributed by atoms with van der Waals surface area (Å²) in [5.74, 6) is -1.99. The molecule has 1 amide bonds. The lowest BCUT2D eigenvalue weighted by Crippen LogP contribution is -2.43. The number of aromatic nitrogens is 2. The molecule has 4 rings (SSSR count). The van der Waals surface area contributed by atoms with Crippen LogP contribution in [0, 0.1) is 18.6 Å². The molecule has 0 saturated carbocycles. The van der Waals surface area contributed by atoms with E-state index in [4.69, 9.17) is 0 Å². The number of fused-ring (bicyclic) bond motifs is 1. The standard InChI is InChI=1S/C23H24F2N4O.ClH/c1-3-16-6-4-5-11-29(16)23(30)18-13-26-22-17(9-7-14(2)27-22)21(18)28-15-8-10-19(24)20(25)12-15;/h7-10,12-13,16H,3-6,11H2,1-2H3,(H,26,27,28);1H. The van der Waals surface area contributed by atoms with Gasteiger partial charge < -0.3 is 10.2 Å². The van der Waals surface area contributed by atoms with E-state index in [0.717, 1.165) is 43.5 Å². The number of carbonyl (C=O) groups is 1. The molecule has 1 aliphatic rings. The number of anilines is 2. The summed E-state index contributed by atoms with van der Waals surface area (Å²) in [6.07, 6.45) is 5.48. The Morgan fingerprint density at radius 2 is 2.00 bits per heavy atom. The van der Waals surface area contributed by atoms with E-state index < -0.39 is 11.6 Å². The van der Waals surface area contributed by atoms with E-state index >= 15 is 0 Å². The van der Waals surface area contributed by atoms with Crippen molar-refractivity contribution in [3.63, 3.8) is 0 Å². The van der Waals surface area contributed by atoms with Gasteiger partial charge in [-0.05, 0) is 56.9 Å². The number of benzene rings is 1. The van der Waals surface area contributed by atoms with E-state index in [-0.39, 0.29) is 24.4 Å². The molecule has 3 heterocycles. The fourth-order valence-electron chi connectivity index (χ4n) is 4.03. The monoisotopic (exact) mass is 446 g/mol. The fourth-order valence-corrected chi connectivity index (χ4v) is 4.03. The molecule has 2 aromatic heterocycles. The predicted octanol–water partition coefficient (Wildman–Crippen LogP) is 5.79. The Hall–Kier alpha value is -2.80. The third kappa shape index (κ3) is 4.61. The maximum atomic E-state index is 13.8. The maximum Gasteiger partial charge on any atom is 0.257 e. The van der Waals surface area contributed by atoms with Crippen molar-refractivity contribution in [3.8, 4) is 0 Å². The van der Waals surface area contributed by atoms with Gasteiger partial charge in [0.05, 0.1) is 11.3 Å². The topological polar surface area (TPSA) is 58.1 Å². The summed E-state index contributed by atoms with van der Waals surface area (Å²) in [4.78, 5) is 24.3. The number of aryl methyl sites for hydroxylation is 1. The predicted molar refractivity (Wildman–Crippen MR) is 120 cm³/mol. The number of nitrogens with zero attached hydrogens (tertiary/aromatic N) is 3. The highest BCUT2D eigenvalue weighted by Crippen LogP contribution is 2.32. The van der Waals surface area contributed by atoms with Crippen molar-refractivity contribution >= 4 is 40.7 Å². The molecule has 1 saturated heterocycles. The number of halogens is 3. The molecule has 1 unspecified atom stereocenters. The molecular formula is C23H25ClF2N4O. The molecule has 1 N–H and O–H groups in total. The van der Waals surface area contributed by atoms with Crippen molar-refractivity contribution in [3.05, 3.63) is 59.4 Å². The summed E-state index contributed by atoms with van der Waals surface area (Å²) < 4.78 is 27.2. The molecule has 0 bridgehead atoms. The molecule has 1 atom stereocenters. The van der Waals surface area contributed by atoms with Crippen molar-refractivity contribution in [1.82, 2.24) is 14.9 Å². The number of piperidine rings is 1. The quantitative estimate of drug-likeness (QED) is 0.551. The van der Waals surface area contributed by atoms with Crippen LogP contribution in [0.4, 0.5) is 20.2 Å². The van der Waals surface area contributed by atoms with Gasteiger partial charge in [0.2, 0.25) is 0 Å². The minimum absolute atomic E-state index is 0. The third-order valence-corrected chi connectivity index (χ3v) is 5.65. The molecular weight excluding hydrogens is 422 g/mol. The van der Waals surface area contributed by atoms with Crippen LogP contribution in [0.2, 0.25) is 0 Å². The van der Waals surface area contributed by atoms with Gasteiger partial charge in [-0.1, -0.05) is 6.92 Å². The second kappa shape index (κ2) is 9.56. The number of likely N-dealkylation sites (tertiary alicyclic amines) is 1. The molecule has 164 valence electrons. The highest BCUT2D eigenvalue weighted by molar-refractivity contribution is 6.07. The molecule has 0 aliphatic carbocycles. The number of hydrogen-bond donors (Lipinski definition) is 1. The van der Waals surface area contributed by atoms with Gasteiger partial charge in [0.25, 0.3) is 5.91 Å². The Labute approximate surface area is 186 Å². The molecule has 1 fully saturated rings. The van der Waals surface area contributed by atoms with E-state index in [9.17, 15) is 13.6 Å². The average Bonchev–Trinajstić information content (AvgIpc) is 2.75. The second-order valence-electron chi connectivity index (χ2n) is 7.68. The number of amides is 1. The molecule has 1 aliphatic heterocycles. The fraction of sp³-hybridized carbons (Fsp3) is 0.348. The number of pyridine rings is 2. The van der Waals surface area contributed by atoms with Gasteiger partial charge >= 0.3 is 0 Å². The Morgan fingerprint density at radius 1 is 1.19 bits per heavy atom. The van der Waals surface area contributed by atoms with Crippen LogP contribution in [0.15, 0.2) is 36.5 Å². The van der Waals surface area contributed by atoms with Crippen molar-refractivity contribution in [2.24, 2.45) is 0 Å². The summed E-state index contributed by atoms with van der Waals surface area (Å²) >= 11 is 0. The number of hydrogen-bond acceptors (Lipinski definition) is 4. The maximum absolute atomic E-state index is 13.8. The highest BCUT2D eigenvalue weighted by atomic mass is 35.5. The number of rotatable bonds is 4. The van der Waals surface area contributed by atoms with Crippen LogP contribution in [0.25, 0.3) is 11.0 Å². The Kier molecular flexibility index (Phi) is 7.05. The first-order chi connectivity index (χ1) is 14.5. The van der Waals surface area contributed by atoms with Gasteiger partial charge in [0, 0.05) is 41.6 Å². The van der Waals surface area contributed by atoms with E-state index in [1.807, 2.05) is 24.0 Å². The lowest BCUT2D eigenvalue weighted by Gasteiger charge is -2.35. The number of nitrogens with one attached hydrogen (secondary N) is 1. The highest BCUT2D eigenvalue weighted by Gasteiger charge is 2.29. The van der Waals surface area contributed by atoms with Crippen LogP contribution >= 0.6 is 12.4 Å². The van der Waals surface area contributed by atoms with Gasteiger partial charge in [-0.2, -0.15) is 0 Å². The molecule has 31 heavy (non-hydrogen) atoms. The minimum atomic E-state index is -0.956. The van der Waals surface area contributed by atoms with Gasteiger partial charge in [0.15, 0.2) is 17.3 Å². The van der Waals surface area contributed by atoms with Crippen LogP contribution in [0.3, 0.4) is 0 Å². The van der Waals surface area contributed by atoms with Crippen LogP contribution in [0.5, 0.6) is 0 Å². The van der Waals surface area contributed by atoms with E-state index in [0.29, 0.717) is 34.5 Å². The summed E-state index contributed by atoms with van der Waals surface area (Å²) in [7, 11) is 0. The first-order valence-corrected chi connectivity index (χ1v) is 10.3. The van der Waals surface area contributed by atoms with Crippen molar-refractivity contribution in [2.75, 3.05) is 11.9 Å². The summed E-state index contributed by atoms with van der Waals surface area (Å²) in [6.45, 7) is 4.65. The lowest BCUT2D eigenvalue weighted by atomic mass is 9.98. The van der Waals surface area contributed by atoms with Gasteiger partial charge in [-0.15, -0.1) is 12.4 Å². The van der Waals surface area contributed by atoms with E-state index in [1.54, 1.807) is 0 Å². The normalized spacial score (nSPS) is 16.1. The molecule has 1 aromatic carbocycles. The van der Waals surface area contributed by atoms with Crippen molar-refractivity contribution in [2.45, 2.75) is 45.6 Å². The molecule has 0 spiro atoms. The van der Waals surface area contributed by atoms with Gasteiger partial charge in [-0.3, -0.25) is 4.79 Å². The summed E-state index contributed by atoms with van der Waals surface area (Å²) in [6, 6.07) is 7.45. The molecule has 5 nitrogen and oxygen atoms in total. The Morgan fingerprint density at radius 3 is 2.74 bits per heavy atom. The van der Waals surface area contributed by atoms with Gasteiger partial charge in [-0.25, -0.2) is 18.7 Å². The zero-order valence-corrected chi connectivity index (χ0v) is 18.3. The van der Waals surface area contributed by atoms with Crippen molar-refractivity contribution in [1.29, 1.82) is 0 Å². The van der Waals surface area contributed by atoms with Crippen molar-refractivity contribution < 1.29 is 13.6 Å². The smallest absolute Gasteiger partial charge is 0.257 e. The molecule has 8 heteroatoms. The zero-order valence-electron chi connectivity index (χ0n) is 17.5. The van der Waals surface area contributed by atoms with Crippen LogP contribution < -0.4 is 5.32 Å². The van der Waals surface area contributed by atoms with E-state index in [2.05, 4.69) is 22.2 Å². The zero-order chi connectivity index (χ0) is 21.3. The summed E-state index contributed by atoms with van der Waals surface area (Å²) in [5.41, 5.74) is 2.54. The van der Waals surface area contributed by atoms with Crippen LogP contribution in [0.1, 0.15) is 48.7 Å². The first kappa shape index (κ1) is 22.9. The van der Waals surface area contributed by atoms with Crippen LogP contribution in [-0.4, -0.2) is 33.4 Å². The third-order valence-electron chi connectivity index (χ3n) is 5.65. The largest absolute Gasteiger partial charge is 0.354 e. The van der Waals surface area contributed by atoms with E-state index in [1.165, 1.54) is 12.3 Å². The van der Waals surface area contributed by atoms with Crippen LogP contribution in [-0.2, 0) is 0 Å². The summed E-state index contributed by atoms with van der Waals surface area (Å²) in [5, 5.41) is 3.78.